The molecule has 3 N–H and O–H groups in total. The third-order valence-corrected chi connectivity index (χ3v) is 2.88. The molecule has 1 aliphatic rings. The van der Waals surface area contributed by atoms with Crippen LogP contribution in [-0.2, 0) is 17.1 Å². The van der Waals surface area contributed by atoms with E-state index < -0.39 is 5.92 Å². The summed E-state index contributed by atoms with van der Waals surface area (Å²) in [6, 6.07) is 4.34. The minimum atomic E-state index is -2.90. The van der Waals surface area contributed by atoms with Crippen molar-refractivity contribution < 1.29 is 13.6 Å². The molecule has 0 atom stereocenters. The summed E-state index contributed by atoms with van der Waals surface area (Å²) in [6.45, 7) is -0.0547. The summed E-state index contributed by atoms with van der Waals surface area (Å²) in [5.74, 6) is -2.97. The van der Waals surface area contributed by atoms with Crippen molar-refractivity contribution >= 4 is 11.6 Å². The van der Waals surface area contributed by atoms with E-state index in [4.69, 9.17) is 5.73 Å². The van der Waals surface area contributed by atoms with Crippen molar-refractivity contribution in [3.8, 4) is 0 Å². The van der Waals surface area contributed by atoms with Crippen LogP contribution in [0.25, 0.3) is 0 Å². The lowest BCUT2D eigenvalue weighted by molar-refractivity contribution is -0.116. The molecule has 0 aliphatic carbocycles. The summed E-state index contributed by atoms with van der Waals surface area (Å²) in [4.78, 5) is 11.1. The third-order valence-electron chi connectivity index (χ3n) is 2.88. The Morgan fingerprint density at radius 1 is 1.35 bits per heavy atom. The van der Waals surface area contributed by atoms with Crippen molar-refractivity contribution in [1.29, 1.82) is 0 Å². The van der Waals surface area contributed by atoms with Crippen molar-refractivity contribution in [3.05, 3.63) is 29.3 Å². The molecule has 0 unspecified atom stereocenters. The van der Waals surface area contributed by atoms with Gasteiger partial charge in [-0.05, 0) is 30.7 Å². The minimum Gasteiger partial charge on any atom is -0.330 e. The van der Waals surface area contributed by atoms with Gasteiger partial charge in [0, 0.05) is 24.1 Å². The van der Waals surface area contributed by atoms with Crippen LogP contribution in [0.2, 0.25) is 0 Å². The van der Waals surface area contributed by atoms with Crippen molar-refractivity contribution in [1.82, 2.24) is 0 Å². The number of benzene rings is 1. The van der Waals surface area contributed by atoms with Gasteiger partial charge in [-0.25, -0.2) is 8.78 Å². The molecule has 1 amide bonds. The minimum absolute atomic E-state index is 0.0298. The van der Waals surface area contributed by atoms with E-state index in [9.17, 15) is 13.6 Å². The molecule has 17 heavy (non-hydrogen) atoms. The zero-order chi connectivity index (χ0) is 12.5. The van der Waals surface area contributed by atoms with Gasteiger partial charge in [0.1, 0.15) is 0 Å². The van der Waals surface area contributed by atoms with Crippen LogP contribution < -0.4 is 11.1 Å². The van der Waals surface area contributed by atoms with Gasteiger partial charge < -0.3 is 11.1 Å². The monoisotopic (exact) mass is 240 g/mol. The van der Waals surface area contributed by atoms with E-state index in [-0.39, 0.29) is 24.4 Å². The number of aryl methyl sites for hydroxylation is 1. The fraction of sp³-hybridized carbons (Fsp3) is 0.417. The summed E-state index contributed by atoms with van der Waals surface area (Å²) < 4.78 is 27.3. The Morgan fingerprint density at radius 3 is 2.82 bits per heavy atom. The first-order valence-corrected chi connectivity index (χ1v) is 5.54. The second kappa shape index (κ2) is 4.41. The van der Waals surface area contributed by atoms with Crippen molar-refractivity contribution in [2.75, 3.05) is 11.9 Å². The summed E-state index contributed by atoms with van der Waals surface area (Å²) >= 11 is 0. The quantitative estimate of drug-likeness (QED) is 0.849. The molecule has 3 nitrogen and oxygen atoms in total. The number of halogens is 2. The van der Waals surface area contributed by atoms with Crippen molar-refractivity contribution in [2.24, 2.45) is 5.73 Å². The third kappa shape index (κ3) is 2.44. The van der Waals surface area contributed by atoms with E-state index in [1.165, 1.54) is 18.2 Å². The number of nitrogens with two attached hydrogens (primary N) is 1. The maximum Gasteiger partial charge on any atom is 0.274 e. The maximum atomic E-state index is 13.6. The molecule has 2 rings (SSSR count). The lowest BCUT2D eigenvalue weighted by Crippen LogP contribution is -2.22. The van der Waals surface area contributed by atoms with E-state index in [2.05, 4.69) is 5.32 Å². The molecule has 5 heteroatoms. The van der Waals surface area contributed by atoms with Gasteiger partial charge in [-0.15, -0.1) is 0 Å². The van der Waals surface area contributed by atoms with Crippen LogP contribution in [0.3, 0.4) is 0 Å². The fourth-order valence-corrected chi connectivity index (χ4v) is 1.94. The topological polar surface area (TPSA) is 55.1 Å². The maximum absolute atomic E-state index is 13.6. The highest BCUT2D eigenvalue weighted by molar-refractivity contribution is 5.93. The molecule has 1 aliphatic heterocycles. The van der Waals surface area contributed by atoms with Gasteiger partial charge in [0.25, 0.3) is 5.92 Å². The van der Waals surface area contributed by atoms with Crippen LogP contribution in [0.5, 0.6) is 0 Å². The molecule has 1 aromatic carbocycles. The second-order valence-electron chi connectivity index (χ2n) is 4.16. The van der Waals surface area contributed by atoms with E-state index in [0.717, 1.165) is 5.56 Å². The van der Waals surface area contributed by atoms with Gasteiger partial charge in [-0.2, -0.15) is 0 Å². The largest absolute Gasteiger partial charge is 0.330 e. The molecule has 0 spiro atoms. The second-order valence-corrected chi connectivity index (χ2v) is 4.16. The lowest BCUT2D eigenvalue weighted by atomic mass is 9.97. The number of fused-ring (bicyclic) bond motifs is 1. The first-order valence-electron chi connectivity index (χ1n) is 5.54. The Kier molecular flexibility index (Phi) is 3.11. The molecule has 0 fully saturated rings. The SMILES string of the molecule is NCCC(F)(F)c1ccc2c(c1)CCC(=O)N2. The number of carbonyl (C=O) groups excluding carboxylic acids is 1. The van der Waals surface area contributed by atoms with Gasteiger partial charge in [0.05, 0.1) is 0 Å². The van der Waals surface area contributed by atoms with Gasteiger partial charge >= 0.3 is 0 Å². The zero-order valence-electron chi connectivity index (χ0n) is 9.30. The van der Waals surface area contributed by atoms with Crippen LogP contribution in [-0.4, -0.2) is 12.5 Å². The molecular weight excluding hydrogens is 226 g/mol. The molecule has 0 radical (unpaired) electrons. The van der Waals surface area contributed by atoms with Crippen LogP contribution in [0, 0.1) is 0 Å². The Morgan fingerprint density at radius 2 is 2.12 bits per heavy atom. The van der Waals surface area contributed by atoms with Gasteiger partial charge in [0.15, 0.2) is 0 Å². The Balaban J connectivity index is 2.30. The van der Waals surface area contributed by atoms with Gasteiger partial charge in [-0.3, -0.25) is 4.79 Å². The molecule has 0 saturated heterocycles. The summed E-state index contributed by atoms with van der Waals surface area (Å²) in [5.41, 5.74) is 6.54. The molecule has 0 saturated carbocycles. The average Bonchev–Trinajstić information content (AvgIpc) is 2.28. The predicted octanol–water partition coefficient (Wildman–Crippen LogP) is 2.01. The summed E-state index contributed by atoms with van der Waals surface area (Å²) in [7, 11) is 0. The first kappa shape index (κ1) is 12.0. The number of carbonyl (C=O) groups is 1. The number of nitrogens with one attached hydrogen (secondary N) is 1. The van der Waals surface area contributed by atoms with E-state index in [1.807, 2.05) is 0 Å². The molecule has 0 bridgehead atoms. The number of amides is 1. The molecular formula is C12H14F2N2O. The van der Waals surface area contributed by atoms with Crippen LogP contribution in [0.4, 0.5) is 14.5 Å². The number of alkyl halides is 2. The zero-order valence-corrected chi connectivity index (χ0v) is 9.30. The summed E-state index contributed by atoms with van der Waals surface area (Å²) in [5, 5.41) is 2.66. The van der Waals surface area contributed by atoms with Gasteiger partial charge in [0.2, 0.25) is 5.91 Å². The molecule has 1 aromatic rings. The molecule has 1 heterocycles. The van der Waals surface area contributed by atoms with E-state index >= 15 is 0 Å². The highest BCUT2D eigenvalue weighted by Gasteiger charge is 2.31. The Labute approximate surface area is 98.0 Å². The average molecular weight is 240 g/mol. The molecule has 0 aromatic heterocycles. The van der Waals surface area contributed by atoms with Crippen molar-refractivity contribution in [3.63, 3.8) is 0 Å². The Bertz CT molecular complexity index is 446. The molecule has 92 valence electrons. The van der Waals surface area contributed by atoms with Crippen LogP contribution in [0.15, 0.2) is 18.2 Å². The van der Waals surface area contributed by atoms with E-state index in [0.29, 0.717) is 18.5 Å². The smallest absolute Gasteiger partial charge is 0.274 e. The number of hydrogen-bond donors (Lipinski definition) is 2. The number of anilines is 1. The van der Waals surface area contributed by atoms with Crippen LogP contribution in [0.1, 0.15) is 24.0 Å². The van der Waals surface area contributed by atoms with Gasteiger partial charge in [-0.1, -0.05) is 6.07 Å². The lowest BCUT2D eigenvalue weighted by Gasteiger charge is -2.21. The Hall–Kier alpha value is -1.49. The fourth-order valence-electron chi connectivity index (χ4n) is 1.94. The first-order chi connectivity index (χ1) is 8.03. The number of rotatable bonds is 3. The predicted molar refractivity (Wildman–Crippen MR) is 61.0 cm³/mol. The highest BCUT2D eigenvalue weighted by atomic mass is 19.3. The van der Waals surface area contributed by atoms with E-state index in [1.54, 1.807) is 0 Å². The number of hydrogen-bond acceptors (Lipinski definition) is 2. The normalized spacial score (nSPS) is 15.4. The summed E-state index contributed by atoms with van der Waals surface area (Å²) in [6.07, 6.45) is 0.491. The highest BCUT2D eigenvalue weighted by Crippen LogP contribution is 2.34. The van der Waals surface area contributed by atoms with Crippen molar-refractivity contribution in [2.45, 2.75) is 25.2 Å². The standard InChI is InChI=1S/C12H14F2N2O/c13-12(14,5-6-15)9-2-3-10-8(7-9)1-4-11(17)16-10/h2-3,7H,1,4-6,15H2,(H,16,17). The van der Waals surface area contributed by atoms with Crippen LogP contribution >= 0.6 is 0 Å².